The monoisotopic (exact) mass is 336 g/mol. The minimum absolute atomic E-state index is 0.276. The highest BCUT2D eigenvalue weighted by molar-refractivity contribution is 5.94. The van der Waals surface area contributed by atoms with E-state index in [0.717, 1.165) is 17.5 Å². The van der Waals surface area contributed by atoms with Gasteiger partial charge in [0.2, 0.25) is 0 Å². The molecule has 2 aromatic carbocycles. The number of carbonyl (C=O) groups excluding carboxylic acids is 1. The number of H-pyrrole nitrogens is 1. The third-order valence-corrected chi connectivity index (χ3v) is 3.73. The van der Waals surface area contributed by atoms with E-state index in [1.807, 2.05) is 24.3 Å². The first-order valence-electron chi connectivity index (χ1n) is 7.89. The first-order chi connectivity index (χ1) is 12.2. The number of nitrogens with zero attached hydrogens (tertiary/aromatic N) is 2. The molecular formula is C19H17FN4O. The summed E-state index contributed by atoms with van der Waals surface area (Å²) in [7, 11) is 0. The molecule has 0 aliphatic heterocycles. The zero-order valence-electron chi connectivity index (χ0n) is 13.7. The average molecular weight is 336 g/mol. The number of aryl methyl sites for hydroxylation is 1. The van der Waals surface area contributed by atoms with Crippen molar-refractivity contribution in [3.05, 3.63) is 77.2 Å². The predicted octanol–water partition coefficient (Wildman–Crippen LogP) is 3.54. The van der Waals surface area contributed by atoms with E-state index in [2.05, 4.69) is 27.6 Å². The molecular weight excluding hydrogens is 319 g/mol. The second kappa shape index (κ2) is 7.53. The van der Waals surface area contributed by atoms with Crippen molar-refractivity contribution in [1.29, 1.82) is 0 Å². The van der Waals surface area contributed by atoms with E-state index in [9.17, 15) is 9.18 Å². The van der Waals surface area contributed by atoms with Crippen molar-refractivity contribution in [2.45, 2.75) is 13.3 Å². The van der Waals surface area contributed by atoms with Gasteiger partial charge in [-0.15, -0.1) is 0 Å². The molecule has 0 saturated heterocycles. The van der Waals surface area contributed by atoms with Gasteiger partial charge in [-0.05, 0) is 47.9 Å². The molecule has 25 heavy (non-hydrogen) atoms. The Morgan fingerprint density at radius 2 is 1.92 bits per heavy atom. The number of hydrazone groups is 1. The van der Waals surface area contributed by atoms with Crippen LogP contribution >= 0.6 is 0 Å². The lowest BCUT2D eigenvalue weighted by Crippen LogP contribution is -2.17. The van der Waals surface area contributed by atoms with Crippen molar-refractivity contribution in [3.8, 4) is 11.3 Å². The van der Waals surface area contributed by atoms with Crippen LogP contribution in [0.3, 0.4) is 0 Å². The Morgan fingerprint density at radius 1 is 1.20 bits per heavy atom. The van der Waals surface area contributed by atoms with Crippen LogP contribution in [0.25, 0.3) is 11.3 Å². The van der Waals surface area contributed by atoms with Crippen molar-refractivity contribution in [2.24, 2.45) is 5.10 Å². The minimum atomic E-state index is -0.401. The van der Waals surface area contributed by atoms with Crippen molar-refractivity contribution in [2.75, 3.05) is 0 Å². The smallest absolute Gasteiger partial charge is 0.272 e. The second-order valence-electron chi connectivity index (χ2n) is 5.47. The van der Waals surface area contributed by atoms with Gasteiger partial charge < -0.3 is 0 Å². The quantitative estimate of drug-likeness (QED) is 0.553. The van der Waals surface area contributed by atoms with Crippen molar-refractivity contribution >= 4 is 12.1 Å². The highest BCUT2D eigenvalue weighted by atomic mass is 19.1. The van der Waals surface area contributed by atoms with E-state index < -0.39 is 5.91 Å². The zero-order chi connectivity index (χ0) is 17.6. The summed E-state index contributed by atoms with van der Waals surface area (Å²) in [5.74, 6) is -0.721. The second-order valence-corrected chi connectivity index (χ2v) is 5.47. The van der Waals surface area contributed by atoms with Gasteiger partial charge in [0.1, 0.15) is 11.5 Å². The van der Waals surface area contributed by atoms with Crippen LogP contribution in [-0.2, 0) is 6.42 Å². The van der Waals surface area contributed by atoms with Gasteiger partial charge in [-0.25, -0.2) is 9.82 Å². The Balaban J connectivity index is 1.63. The highest BCUT2D eigenvalue weighted by Crippen LogP contribution is 2.17. The summed E-state index contributed by atoms with van der Waals surface area (Å²) in [5.41, 5.74) is 6.14. The van der Waals surface area contributed by atoms with E-state index in [-0.39, 0.29) is 11.5 Å². The van der Waals surface area contributed by atoms with Gasteiger partial charge in [-0.1, -0.05) is 31.2 Å². The van der Waals surface area contributed by atoms with Crippen LogP contribution in [-0.4, -0.2) is 22.3 Å². The van der Waals surface area contributed by atoms with Crippen LogP contribution in [0.2, 0.25) is 0 Å². The van der Waals surface area contributed by atoms with E-state index >= 15 is 0 Å². The SMILES string of the molecule is CCc1ccc(C=NNC(=O)c2cc(-c3ccc(F)cc3)n[nH]2)cc1. The van der Waals surface area contributed by atoms with Crippen LogP contribution < -0.4 is 5.43 Å². The molecule has 1 amide bonds. The molecule has 0 fully saturated rings. The van der Waals surface area contributed by atoms with E-state index in [1.165, 1.54) is 17.7 Å². The van der Waals surface area contributed by atoms with Gasteiger partial charge in [0.15, 0.2) is 0 Å². The molecule has 0 atom stereocenters. The highest BCUT2D eigenvalue weighted by Gasteiger charge is 2.10. The van der Waals surface area contributed by atoms with Crippen LogP contribution in [0.1, 0.15) is 28.5 Å². The van der Waals surface area contributed by atoms with Gasteiger partial charge in [0.25, 0.3) is 5.91 Å². The molecule has 0 spiro atoms. The fourth-order valence-electron chi connectivity index (χ4n) is 2.27. The normalized spacial score (nSPS) is 11.0. The van der Waals surface area contributed by atoms with Gasteiger partial charge in [0.05, 0.1) is 11.9 Å². The van der Waals surface area contributed by atoms with Crippen molar-refractivity contribution < 1.29 is 9.18 Å². The van der Waals surface area contributed by atoms with E-state index in [0.29, 0.717) is 5.69 Å². The number of aromatic nitrogens is 2. The summed E-state index contributed by atoms with van der Waals surface area (Å²) in [4.78, 5) is 12.1. The Bertz CT molecular complexity index is 883. The summed E-state index contributed by atoms with van der Waals surface area (Å²) in [5, 5.41) is 10.7. The maximum absolute atomic E-state index is 12.9. The molecule has 2 N–H and O–H groups in total. The molecule has 1 aromatic heterocycles. The topological polar surface area (TPSA) is 70.1 Å². The largest absolute Gasteiger partial charge is 0.289 e. The lowest BCUT2D eigenvalue weighted by Gasteiger charge is -1.98. The molecule has 126 valence electrons. The lowest BCUT2D eigenvalue weighted by molar-refractivity contribution is 0.0950. The number of halogens is 1. The number of hydrogen-bond acceptors (Lipinski definition) is 3. The Labute approximate surface area is 144 Å². The molecule has 0 unspecified atom stereocenters. The van der Waals surface area contributed by atoms with Crippen LogP contribution in [0, 0.1) is 5.82 Å². The molecule has 6 heteroatoms. The Morgan fingerprint density at radius 3 is 2.60 bits per heavy atom. The molecule has 3 aromatic rings. The minimum Gasteiger partial charge on any atom is -0.272 e. The van der Waals surface area contributed by atoms with E-state index in [4.69, 9.17) is 0 Å². The Hall–Kier alpha value is -3.28. The third-order valence-electron chi connectivity index (χ3n) is 3.73. The lowest BCUT2D eigenvalue weighted by atomic mass is 10.1. The summed E-state index contributed by atoms with van der Waals surface area (Å²) in [6.45, 7) is 2.09. The molecule has 5 nitrogen and oxygen atoms in total. The number of hydrogen-bond donors (Lipinski definition) is 2. The maximum Gasteiger partial charge on any atom is 0.289 e. The average Bonchev–Trinajstić information content (AvgIpc) is 3.13. The standard InChI is InChI=1S/C19H17FN4O/c1-2-13-3-5-14(6-4-13)12-21-24-19(25)18-11-17(22-23-18)15-7-9-16(20)10-8-15/h3-12H,2H2,1H3,(H,22,23)(H,24,25). The predicted molar refractivity (Wildman–Crippen MR) is 94.9 cm³/mol. The van der Waals surface area contributed by atoms with Crippen molar-refractivity contribution in [3.63, 3.8) is 0 Å². The first kappa shape index (κ1) is 16.6. The number of benzene rings is 2. The number of amides is 1. The van der Waals surface area contributed by atoms with Crippen LogP contribution in [0.15, 0.2) is 59.7 Å². The maximum atomic E-state index is 12.9. The molecule has 1 heterocycles. The summed E-state index contributed by atoms with van der Waals surface area (Å²) in [6, 6.07) is 15.4. The fraction of sp³-hybridized carbons (Fsp3) is 0.105. The third kappa shape index (κ3) is 4.17. The number of aromatic amines is 1. The fourth-order valence-corrected chi connectivity index (χ4v) is 2.27. The summed E-state index contributed by atoms with van der Waals surface area (Å²) >= 11 is 0. The molecule has 0 aliphatic rings. The van der Waals surface area contributed by atoms with Crippen molar-refractivity contribution in [1.82, 2.24) is 15.6 Å². The number of nitrogens with one attached hydrogen (secondary N) is 2. The van der Waals surface area contributed by atoms with Gasteiger partial charge in [-0.2, -0.15) is 10.2 Å². The summed E-state index contributed by atoms with van der Waals surface area (Å²) in [6.07, 6.45) is 2.55. The van der Waals surface area contributed by atoms with Crippen LogP contribution in [0.5, 0.6) is 0 Å². The zero-order valence-corrected chi connectivity index (χ0v) is 13.7. The molecule has 3 rings (SSSR count). The molecule has 0 saturated carbocycles. The first-order valence-corrected chi connectivity index (χ1v) is 7.89. The van der Waals surface area contributed by atoms with Crippen LogP contribution in [0.4, 0.5) is 4.39 Å². The summed E-state index contributed by atoms with van der Waals surface area (Å²) < 4.78 is 12.9. The molecule has 0 radical (unpaired) electrons. The number of rotatable bonds is 5. The van der Waals surface area contributed by atoms with E-state index in [1.54, 1.807) is 24.4 Å². The molecule has 0 bridgehead atoms. The number of carbonyl (C=O) groups is 1. The van der Waals surface area contributed by atoms with Gasteiger partial charge >= 0.3 is 0 Å². The van der Waals surface area contributed by atoms with Gasteiger partial charge in [-0.3, -0.25) is 9.89 Å². The van der Waals surface area contributed by atoms with Gasteiger partial charge in [0, 0.05) is 5.56 Å². The molecule has 0 aliphatic carbocycles. The Kier molecular flexibility index (Phi) is 4.99.